The summed E-state index contributed by atoms with van der Waals surface area (Å²) in [4.78, 5) is 0. The summed E-state index contributed by atoms with van der Waals surface area (Å²) in [5, 5.41) is 0. The van der Waals surface area contributed by atoms with Gasteiger partial charge in [-0.15, -0.1) is 0 Å². The summed E-state index contributed by atoms with van der Waals surface area (Å²) in [6.45, 7) is 0. The summed E-state index contributed by atoms with van der Waals surface area (Å²) in [6, 6.07) is 0. The van der Waals surface area contributed by atoms with Gasteiger partial charge in [0.15, 0.2) is 17.4 Å². The van der Waals surface area contributed by atoms with Gasteiger partial charge in [-0.3, -0.25) is 0 Å². The van der Waals surface area contributed by atoms with Crippen LogP contribution in [0.4, 0.5) is 0 Å². The van der Waals surface area contributed by atoms with Crippen molar-refractivity contribution in [3.8, 4) is 0 Å². The van der Waals surface area contributed by atoms with E-state index >= 15 is 0 Å². The molecule has 0 saturated carbocycles. The minimum Gasteiger partial charge on any atom is 0 e. The molecule has 16 valence electrons. The van der Waals surface area contributed by atoms with Gasteiger partial charge in [0.1, 0.15) is 0 Å². The Morgan fingerprint density at radius 3 is 1.00 bits per heavy atom. The molecule has 0 radical (unpaired) electrons. The predicted molar refractivity (Wildman–Crippen MR) is 25.6 cm³/mol. The fraction of sp³-hybridized carbons (Fsp3) is 0. The van der Waals surface area contributed by atoms with Crippen molar-refractivity contribution >= 4 is 92.4 Å². The zero-order valence-electron chi connectivity index (χ0n) is 0.500. The summed E-state index contributed by atoms with van der Waals surface area (Å²) >= 11 is 0. The third kappa shape index (κ3) is 9.21. The fourth-order valence-electron chi connectivity index (χ4n) is 0. The molecule has 0 aromatic carbocycles. The van der Waals surface area contributed by atoms with Crippen molar-refractivity contribution in [2.45, 2.75) is 0 Å². The molecule has 0 aliphatic rings. The summed E-state index contributed by atoms with van der Waals surface area (Å²) in [6.07, 6.45) is 0. The zero-order chi connectivity index (χ0) is 0. The second-order valence-electron chi connectivity index (χ2n) is 0. The van der Waals surface area contributed by atoms with E-state index < -0.39 is 0 Å². The van der Waals surface area contributed by atoms with Gasteiger partial charge in [0, 0.05) is 21.7 Å². The molecule has 0 aliphatic carbocycles. The Balaban J connectivity index is 0. The second kappa shape index (κ2) is 15.9. The summed E-state index contributed by atoms with van der Waals surface area (Å²) in [5.74, 6) is 0. The quantitative estimate of drug-likeness (QED) is 0.364. The van der Waals surface area contributed by atoms with E-state index in [1.54, 1.807) is 0 Å². The fourth-order valence-corrected chi connectivity index (χ4v) is 0. The van der Waals surface area contributed by atoms with E-state index in [1.807, 2.05) is 0 Å². The van der Waals surface area contributed by atoms with Crippen LogP contribution in [0.1, 0.15) is 0 Å². The molecule has 0 aromatic heterocycles. The van der Waals surface area contributed by atoms with Gasteiger partial charge in [-0.25, -0.2) is 0 Å². The Hall–Kier alpha value is 3.73. The third-order valence-electron chi connectivity index (χ3n) is 0. The van der Waals surface area contributed by atoms with E-state index in [0.717, 1.165) is 0 Å². The Labute approximate surface area is 111 Å². The molecule has 0 rings (SSSR count). The topological polar surface area (TPSA) is 0 Å². The van der Waals surface area contributed by atoms with Crippen LogP contribution in [0, 0.1) is 0 Å². The molecule has 0 N–H and O–H groups in total. The van der Waals surface area contributed by atoms with Crippen LogP contribution in [0.15, 0.2) is 0 Å². The largest absolute Gasteiger partial charge is 0 e. The molecule has 0 aliphatic heterocycles. The third-order valence-corrected chi connectivity index (χ3v) is 0. The van der Waals surface area contributed by atoms with Gasteiger partial charge in [0.05, 0.1) is 0 Å². The van der Waals surface area contributed by atoms with Crippen LogP contribution < -0.4 is 0 Å². The van der Waals surface area contributed by atoms with Crippen LogP contribution in [0.5, 0.6) is 0 Å². The molecule has 0 nitrogen and oxygen atoms in total. The maximum atomic E-state index is 0. The van der Waals surface area contributed by atoms with Crippen molar-refractivity contribution in [2.75, 3.05) is 0 Å². The molecule has 0 bridgehead atoms. The molecule has 0 atom stereocenters. The molecule has 0 saturated heterocycles. The minimum absolute atomic E-state index is 0. The van der Waals surface area contributed by atoms with E-state index in [0.29, 0.717) is 0 Å². The predicted octanol–water partition coefficient (Wildman–Crippen LogP) is -2.75. The Bertz CT molecular complexity index is 8.00. The molecule has 4 heavy (non-hydrogen) atoms. The first-order valence-corrected chi connectivity index (χ1v) is 0. The second-order valence-corrected chi connectivity index (χ2v) is 0. The van der Waals surface area contributed by atoms with Crippen LogP contribution in [-0.2, 0) is 21.7 Å². The molecular weight excluding hydrogens is 185 g/mol. The van der Waals surface area contributed by atoms with Gasteiger partial charge in [-0.1, -0.05) is 0 Å². The first kappa shape index (κ1) is 25.2. The van der Waals surface area contributed by atoms with E-state index in [1.165, 1.54) is 0 Å². The molecule has 0 aromatic rings. The Morgan fingerprint density at radius 2 is 1.00 bits per heavy atom. The normalized spacial score (nSPS) is 0. The van der Waals surface area contributed by atoms with E-state index in [-0.39, 0.29) is 114 Å². The Kier molecular flexibility index (Phi) is 100.0. The molecule has 4 heteroatoms. The van der Waals surface area contributed by atoms with Crippen molar-refractivity contribution in [3.63, 3.8) is 0 Å². The first-order valence-electron chi connectivity index (χ1n) is 0. The van der Waals surface area contributed by atoms with Crippen LogP contribution in [0.3, 0.4) is 0 Å². The van der Waals surface area contributed by atoms with Crippen molar-refractivity contribution in [2.24, 2.45) is 0 Å². The van der Waals surface area contributed by atoms with Crippen molar-refractivity contribution in [3.05, 3.63) is 0 Å². The average molecular weight is 192 g/mol. The number of hydrogen-bond acceptors (Lipinski definition) is 0. The summed E-state index contributed by atoms with van der Waals surface area (Å²) < 4.78 is 0. The van der Waals surface area contributed by atoms with E-state index in [4.69, 9.17) is 0 Å². The zero-order valence-corrected chi connectivity index (χ0v) is 2.06. The smallest absolute Gasteiger partial charge is 0 e. The van der Waals surface area contributed by atoms with E-state index in [9.17, 15) is 0 Å². The van der Waals surface area contributed by atoms with Gasteiger partial charge < -0.3 is 0 Å². The van der Waals surface area contributed by atoms with Gasteiger partial charge in [0.2, 0.25) is 0 Å². The van der Waals surface area contributed by atoms with Crippen molar-refractivity contribution in [1.82, 2.24) is 0 Å². The first-order chi connectivity index (χ1) is 0. The minimum atomic E-state index is 0. The molecule has 0 amide bonds. The van der Waals surface area contributed by atoms with E-state index in [2.05, 4.69) is 0 Å². The maximum absolute atomic E-state index is 0. The number of rotatable bonds is 0. The van der Waals surface area contributed by atoms with Gasteiger partial charge in [0.25, 0.3) is 0 Å². The van der Waals surface area contributed by atoms with Gasteiger partial charge in [-0.05, 0) is 0 Å². The maximum Gasteiger partial charge on any atom is 0 e. The summed E-state index contributed by atoms with van der Waals surface area (Å²) in [5.41, 5.74) is 0. The number of hydrogen-bond donors (Lipinski definition) is 0. The van der Waals surface area contributed by atoms with Crippen LogP contribution in [-0.4, -0.2) is 92.4 Å². The average Bonchev–Trinajstić information content (AvgIpc) is 0. The van der Waals surface area contributed by atoms with Gasteiger partial charge >= 0.3 is 75.0 Å². The molecular formula is H6AlNaSrTi. The van der Waals surface area contributed by atoms with Crippen molar-refractivity contribution < 1.29 is 21.7 Å². The molecule has 0 fully saturated rings. The molecule has 0 unspecified atom stereocenters. The molecule has 0 heterocycles. The SMILES string of the molecule is [AlH3].[NaH].[SrH2].[Ti]. The van der Waals surface area contributed by atoms with Crippen LogP contribution in [0.2, 0.25) is 0 Å². The Morgan fingerprint density at radius 1 is 1.00 bits per heavy atom. The standard InChI is InChI=1S/Al.Na.Sr.Ti.6H. The summed E-state index contributed by atoms with van der Waals surface area (Å²) in [7, 11) is 0. The van der Waals surface area contributed by atoms with Gasteiger partial charge in [-0.2, -0.15) is 0 Å². The van der Waals surface area contributed by atoms with Crippen LogP contribution >= 0.6 is 0 Å². The van der Waals surface area contributed by atoms with Crippen LogP contribution in [0.25, 0.3) is 0 Å². The molecule has 0 spiro atoms. The monoisotopic (exact) mass is 192 g/mol. The van der Waals surface area contributed by atoms with Crippen molar-refractivity contribution in [1.29, 1.82) is 0 Å².